The topological polar surface area (TPSA) is 26.3 Å². The third kappa shape index (κ3) is 3.74. The van der Waals surface area contributed by atoms with Crippen molar-refractivity contribution in [2.45, 2.75) is 27.2 Å². The summed E-state index contributed by atoms with van der Waals surface area (Å²) in [6.07, 6.45) is 0.807. The van der Waals surface area contributed by atoms with Gasteiger partial charge in [0.1, 0.15) is 11.5 Å². The van der Waals surface area contributed by atoms with Crippen LogP contribution in [-0.4, -0.2) is 12.4 Å². The van der Waals surface area contributed by atoms with Gasteiger partial charge in [0.25, 0.3) is 0 Å². The second-order valence-corrected chi connectivity index (χ2v) is 3.79. The molecule has 0 aliphatic carbocycles. The van der Waals surface area contributed by atoms with Crippen LogP contribution in [0.3, 0.4) is 0 Å². The molecule has 2 nitrogen and oxygen atoms in total. The minimum Gasteiger partial charge on any atom is -0.494 e. The maximum atomic E-state index is 11.1. The minimum absolute atomic E-state index is 0.0999. The zero-order chi connectivity index (χ0) is 11.3. The van der Waals surface area contributed by atoms with Crippen molar-refractivity contribution in [3.8, 4) is 5.75 Å². The Morgan fingerprint density at radius 2 is 1.93 bits per heavy atom. The van der Waals surface area contributed by atoms with Gasteiger partial charge in [0.15, 0.2) is 0 Å². The van der Waals surface area contributed by atoms with E-state index in [0.717, 1.165) is 12.2 Å². The number of hydrogen-bond donors (Lipinski definition) is 0. The summed E-state index contributed by atoms with van der Waals surface area (Å²) >= 11 is 0. The summed E-state index contributed by atoms with van der Waals surface area (Å²) in [5, 5.41) is 0. The van der Waals surface area contributed by atoms with E-state index in [-0.39, 0.29) is 11.7 Å². The van der Waals surface area contributed by atoms with Gasteiger partial charge in [-0.15, -0.1) is 0 Å². The summed E-state index contributed by atoms with van der Waals surface area (Å²) in [6, 6.07) is 7.94. The van der Waals surface area contributed by atoms with Crippen molar-refractivity contribution >= 4 is 5.78 Å². The molecule has 1 unspecified atom stereocenters. The molecule has 0 heterocycles. The number of ether oxygens (including phenoxy) is 1. The quantitative estimate of drug-likeness (QED) is 0.740. The van der Waals surface area contributed by atoms with E-state index in [1.54, 1.807) is 6.92 Å². The molecule has 15 heavy (non-hydrogen) atoms. The standard InChI is InChI=1S/C13H18O2/c1-4-15-13-7-5-12(6-8-13)9-10(2)11(3)14/h5-8,10H,4,9H2,1-3H3. The first kappa shape index (κ1) is 11.8. The van der Waals surface area contributed by atoms with Crippen LogP contribution in [0.25, 0.3) is 0 Å². The normalized spacial score (nSPS) is 12.2. The molecule has 0 N–H and O–H groups in total. The van der Waals surface area contributed by atoms with Gasteiger partial charge in [0, 0.05) is 5.92 Å². The van der Waals surface area contributed by atoms with E-state index in [0.29, 0.717) is 6.61 Å². The SMILES string of the molecule is CCOc1ccc(CC(C)C(C)=O)cc1. The fraction of sp³-hybridized carbons (Fsp3) is 0.462. The number of Topliss-reactive ketones (excluding diaryl/α,β-unsaturated/α-hetero) is 1. The van der Waals surface area contributed by atoms with Gasteiger partial charge in [-0.1, -0.05) is 19.1 Å². The van der Waals surface area contributed by atoms with Gasteiger partial charge in [-0.3, -0.25) is 4.79 Å². The van der Waals surface area contributed by atoms with Crippen LogP contribution in [0.4, 0.5) is 0 Å². The molecule has 0 aliphatic heterocycles. The highest BCUT2D eigenvalue weighted by Gasteiger charge is 2.08. The van der Waals surface area contributed by atoms with E-state index in [9.17, 15) is 4.79 Å². The van der Waals surface area contributed by atoms with Crippen molar-refractivity contribution in [2.24, 2.45) is 5.92 Å². The molecule has 1 atom stereocenters. The zero-order valence-electron chi connectivity index (χ0n) is 9.62. The van der Waals surface area contributed by atoms with Gasteiger partial charge in [-0.05, 0) is 38.0 Å². The summed E-state index contributed by atoms with van der Waals surface area (Å²) in [7, 11) is 0. The molecular formula is C13H18O2. The highest BCUT2D eigenvalue weighted by molar-refractivity contribution is 5.78. The smallest absolute Gasteiger partial charge is 0.132 e. The summed E-state index contributed by atoms with van der Waals surface area (Å²) < 4.78 is 5.35. The van der Waals surface area contributed by atoms with Crippen LogP contribution >= 0.6 is 0 Å². The third-order valence-corrected chi connectivity index (χ3v) is 2.47. The van der Waals surface area contributed by atoms with Gasteiger partial charge >= 0.3 is 0 Å². The van der Waals surface area contributed by atoms with Crippen molar-refractivity contribution in [2.75, 3.05) is 6.61 Å². The Hall–Kier alpha value is -1.31. The molecule has 0 aromatic heterocycles. The van der Waals surface area contributed by atoms with Crippen molar-refractivity contribution in [3.05, 3.63) is 29.8 Å². The third-order valence-electron chi connectivity index (χ3n) is 2.47. The molecule has 1 rings (SSSR count). The lowest BCUT2D eigenvalue weighted by atomic mass is 9.98. The average molecular weight is 206 g/mol. The van der Waals surface area contributed by atoms with E-state index in [1.807, 2.05) is 38.1 Å². The molecule has 0 bridgehead atoms. The number of carbonyl (C=O) groups is 1. The number of carbonyl (C=O) groups excluding carboxylic acids is 1. The summed E-state index contributed by atoms with van der Waals surface area (Å²) in [5.74, 6) is 1.23. The van der Waals surface area contributed by atoms with Crippen LogP contribution < -0.4 is 4.74 Å². The molecule has 0 saturated heterocycles. The number of benzene rings is 1. The number of ketones is 1. The monoisotopic (exact) mass is 206 g/mol. The van der Waals surface area contributed by atoms with Crippen LogP contribution in [0, 0.1) is 5.92 Å². The first-order valence-electron chi connectivity index (χ1n) is 5.35. The summed E-state index contributed by atoms with van der Waals surface area (Å²) in [5.41, 5.74) is 1.18. The lowest BCUT2D eigenvalue weighted by Gasteiger charge is -2.08. The fourth-order valence-corrected chi connectivity index (χ4v) is 1.39. The van der Waals surface area contributed by atoms with Gasteiger partial charge in [0.05, 0.1) is 6.61 Å². The predicted molar refractivity (Wildman–Crippen MR) is 61.2 cm³/mol. The zero-order valence-corrected chi connectivity index (χ0v) is 9.62. The molecule has 0 saturated carbocycles. The molecule has 82 valence electrons. The van der Waals surface area contributed by atoms with Crippen LogP contribution in [0.5, 0.6) is 5.75 Å². The first-order valence-corrected chi connectivity index (χ1v) is 5.35. The Morgan fingerprint density at radius 3 is 2.40 bits per heavy atom. The average Bonchev–Trinajstić information content (AvgIpc) is 2.21. The second kappa shape index (κ2) is 5.54. The van der Waals surface area contributed by atoms with E-state index in [1.165, 1.54) is 5.56 Å². The van der Waals surface area contributed by atoms with E-state index >= 15 is 0 Å². The Balaban J connectivity index is 2.60. The maximum absolute atomic E-state index is 11.1. The lowest BCUT2D eigenvalue weighted by molar-refractivity contribution is -0.120. The van der Waals surface area contributed by atoms with Gasteiger partial charge < -0.3 is 4.74 Å². The number of rotatable bonds is 5. The largest absolute Gasteiger partial charge is 0.494 e. The van der Waals surface area contributed by atoms with Crippen molar-refractivity contribution in [1.29, 1.82) is 0 Å². The Morgan fingerprint density at radius 1 is 1.33 bits per heavy atom. The molecule has 1 aromatic rings. The molecule has 0 fully saturated rings. The molecule has 0 spiro atoms. The van der Waals surface area contributed by atoms with E-state index < -0.39 is 0 Å². The van der Waals surface area contributed by atoms with Crippen molar-refractivity contribution in [1.82, 2.24) is 0 Å². The predicted octanol–water partition coefficient (Wildman–Crippen LogP) is 2.85. The maximum Gasteiger partial charge on any atom is 0.132 e. The van der Waals surface area contributed by atoms with Gasteiger partial charge in [-0.2, -0.15) is 0 Å². The Kier molecular flexibility index (Phi) is 4.35. The van der Waals surface area contributed by atoms with Crippen LogP contribution in [-0.2, 0) is 11.2 Å². The van der Waals surface area contributed by atoms with E-state index in [2.05, 4.69) is 0 Å². The van der Waals surface area contributed by atoms with Gasteiger partial charge in [-0.25, -0.2) is 0 Å². The molecule has 0 radical (unpaired) electrons. The van der Waals surface area contributed by atoms with Crippen molar-refractivity contribution in [3.63, 3.8) is 0 Å². The first-order chi connectivity index (χ1) is 7.13. The van der Waals surface area contributed by atoms with Gasteiger partial charge in [0.2, 0.25) is 0 Å². The Bertz CT molecular complexity index is 314. The second-order valence-electron chi connectivity index (χ2n) is 3.79. The number of hydrogen-bond acceptors (Lipinski definition) is 2. The molecule has 1 aromatic carbocycles. The highest BCUT2D eigenvalue weighted by atomic mass is 16.5. The molecule has 0 aliphatic rings. The molecule has 0 amide bonds. The van der Waals surface area contributed by atoms with Crippen LogP contribution in [0.2, 0.25) is 0 Å². The van der Waals surface area contributed by atoms with Crippen molar-refractivity contribution < 1.29 is 9.53 Å². The summed E-state index contributed by atoms with van der Waals surface area (Å²) in [6.45, 7) is 6.24. The highest BCUT2D eigenvalue weighted by Crippen LogP contribution is 2.15. The van der Waals surface area contributed by atoms with Crippen LogP contribution in [0.15, 0.2) is 24.3 Å². The summed E-state index contributed by atoms with van der Waals surface area (Å²) in [4.78, 5) is 11.1. The lowest BCUT2D eigenvalue weighted by Crippen LogP contribution is -2.09. The molecule has 2 heteroatoms. The minimum atomic E-state index is 0.0999. The molecular weight excluding hydrogens is 188 g/mol. The van der Waals surface area contributed by atoms with Crippen LogP contribution in [0.1, 0.15) is 26.3 Å². The Labute approximate surface area is 91.3 Å². The fourth-order valence-electron chi connectivity index (χ4n) is 1.39. The van der Waals surface area contributed by atoms with E-state index in [4.69, 9.17) is 4.74 Å².